The predicted octanol–water partition coefficient (Wildman–Crippen LogP) is 1.77. The fourth-order valence-electron chi connectivity index (χ4n) is 2.40. The first-order valence-corrected chi connectivity index (χ1v) is 5.91. The average molecular weight is 216 g/mol. The van der Waals surface area contributed by atoms with E-state index in [2.05, 4.69) is 28.5 Å². The number of nitrogens with one attached hydrogen (secondary N) is 1. The Morgan fingerprint density at radius 2 is 2.31 bits per heavy atom. The summed E-state index contributed by atoms with van der Waals surface area (Å²) in [4.78, 5) is 4.18. The van der Waals surface area contributed by atoms with Crippen molar-refractivity contribution in [3.05, 3.63) is 29.8 Å². The van der Waals surface area contributed by atoms with Crippen LogP contribution in [-0.4, -0.2) is 25.0 Å². The Hall–Kier alpha value is -1.51. The normalized spacial score (nSPS) is 27.0. The maximum Gasteiger partial charge on any atom is 0.122 e. The van der Waals surface area contributed by atoms with Crippen molar-refractivity contribution in [1.29, 1.82) is 0 Å². The Morgan fingerprint density at radius 1 is 1.38 bits per heavy atom. The van der Waals surface area contributed by atoms with Gasteiger partial charge in [0, 0.05) is 6.42 Å². The molecule has 1 aromatic rings. The van der Waals surface area contributed by atoms with Crippen LogP contribution in [0.4, 0.5) is 0 Å². The summed E-state index contributed by atoms with van der Waals surface area (Å²) < 4.78 is 6.00. The van der Waals surface area contributed by atoms with Crippen LogP contribution >= 0.6 is 0 Å². The quantitative estimate of drug-likeness (QED) is 0.817. The molecule has 3 nitrogen and oxygen atoms in total. The van der Waals surface area contributed by atoms with E-state index in [9.17, 15) is 0 Å². The zero-order chi connectivity index (χ0) is 10.8. The lowest BCUT2D eigenvalue weighted by molar-refractivity contribution is 0.155. The first-order chi connectivity index (χ1) is 7.92. The minimum Gasteiger partial charge on any atom is -0.490 e. The second kappa shape index (κ2) is 4.16. The number of benzene rings is 1. The minimum atomic E-state index is 0.342. The van der Waals surface area contributed by atoms with Crippen LogP contribution in [0.5, 0.6) is 5.75 Å². The number of ether oxygens (including phenoxy) is 1. The standard InChI is InChI=1S/C13H16N2O/c1-2-4-13-10(3-1)5-6-12(16-13)7-11-8-14-9-15-11/h1-4,9,11-12H,5-8H2,(H,14,15)/t11-,12+/m0/s1. The zero-order valence-corrected chi connectivity index (χ0v) is 9.23. The average Bonchev–Trinajstić information content (AvgIpc) is 2.82. The van der Waals surface area contributed by atoms with Gasteiger partial charge in [0.05, 0.1) is 18.9 Å². The smallest absolute Gasteiger partial charge is 0.122 e. The van der Waals surface area contributed by atoms with Gasteiger partial charge in [-0.05, 0) is 24.5 Å². The van der Waals surface area contributed by atoms with Gasteiger partial charge in [0.25, 0.3) is 0 Å². The van der Waals surface area contributed by atoms with Crippen LogP contribution in [0, 0.1) is 0 Å². The summed E-state index contributed by atoms with van der Waals surface area (Å²) in [6.07, 6.45) is 5.45. The second-order valence-corrected chi connectivity index (χ2v) is 4.48. The van der Waals surface area contributed by atoms with E-state index in [0.717, 1.165) is 31.6 Å². The maximum absolute atomic E-state index is 6.00. The molecule has 0 amide bonds. The molecule has 3 rings (SSSR count). The van der Waals surface area contributed by atoms with E-state index >= 15 is 0 Å². The maximum atomic E-state index is 6.00. The molecule has 3 heteroatoms. The van der Waals surface area contributed by atoms with Gasteiger partial charge >= 0.3 is 0 Å². The van der Waals surface area contributed by atoms with Gasteiger partial charge in [0.2, 0.25) is 0 Å². The molecule has 0 saturated heterocycles. The molecule has 16 heavy (non-hydrogen) atoms. The van der Waals surface area contributed by atoms with Gasteiger partial charge in [0.15, 0.2) is 0 Å². The summed E-state index contributed by atoms with van der Waals surface area (Å²) in [7, 11) is 0. The van der Waals surface area contributed by atoms with Gasteiger partial charge in [-0.1, -0.05) is 18.2 Å². The van der Waals surface area contributed by atoms with Crippen LogP contribution in [0.15, 0.2) is 29.3 Å². The molecule has 2 aliphatic rings. The molecular weight excluding hydrogens is 200 g/mol. The van der Waals surface area contributed by atoms with Gasteiger partial charge < -0.3 is 10.1 Å². The van der Waals surface area contributed by atoms with E-state index in [0.29, 0.717) is 12.1 Å². The van der Waals surface area contributed by atoms with Crippen molar-refractivity contribution in [3.8, 4) is 5.75 Å². The molecule has 1 N–H and O–H groups in total. The van der Waals surface area contributed by atoms with Crippen molar-refractivity contribution in [1.82, 2.24) is 5.32 Å². The van der Waals surface area contributed by atoms with Gasteiger partial charge in [-0.3, -0.25) is 4.99 Å². The largest absolute Gasteiger partial charge is 0.490 e. The van der Waals surface area contributed by atoms with E-state index in [1.165, 1.54) is 5.56 Å². The molecule has 2 heterocycles. The number of hydrogen-bond acceptors (Lipinski definition) is 3. The summed E-state index contributed by atoms with van der Waals surface area (Å²) in [5.74, 6) is 1.07. The van der Waals surface area contributed by atoms with Crippen molar-refractivity contribution in [2.75, 3.05) is 6.54 Å². The van der Waals surface area contributed by atoms with E-state index < -0.39 is 0 Å². The van der Waals surface area contributed by atoms with Crippen LogP contribution < -0.4 is 10.1 Å². The van der Waals surface area contributed by atoms with Crippen LogP contribution in [0.3, 0.4) is 0 Å². The first-order valence-electron chi connectivity index (χ1n) is 5.91. The van der Waals surface area contributed by atoms with E-state index in [4.69, 9.17) is 4.74 Å². The highest BCUT2D eigenvalue weighted by molar-refractivity contribution is 5.57. The Balaban J connectivity index is 1.64. The monoisotopic (exact) mass is 216 g/mol. The molecule has 0 aromatic heterocycles. The predicted molar refractivity (Wildman–Crippen MR) is 64.1 cm³/mol. The Kier molecular flexibility index (Phi) is 2.52. The van der Waals surface area contributed by atoms with Crippen molar-refractivity contribution in [2.45, 2.75) is 31.4 Å². The molecule has 84 valence electrons. The van der Waals surface area contributed by atoms with E-state index in [1.807, 2.05) is 6.07 Å². The molecule has 0 fully saturated rings. The van der Waals surface area contributed by atoms with Crippen LogP contribution in [0.1, 0.15) is 18.4 Å². The summed E-state index contributed by atoms with van der Waals surface area (Å²) in [6, 6.07) is 8.81. The SMILES string of the molecule is C1=NC[C@H](C[C@H]2CCc3ccccc3O2)N1. The molecule has 1 aromatic carbocycles. The van der Waals surface area contributed by atoms with Crippen LogP contribution in [-0.2, 0) is 6.42 Å². The lowest BCUT2D eigenvalue weighted by atomic mass is 9.98. The highest BCUT2D eigenvalue weighted by Crippen LogP contribution is 2.28. The van der Waals surface area contributed by atoms with Crippen LogP contribution in [0.25, 0.3) is 0 Å². The molecule has 2 aliphatic heterocycles. The first kappa shape index (κ1) is 9.70. The summed E-state index contributed by atoms with van der Waals surface area (Å²) in [5, 5.41) is 3.26. The molecule has 0 spiro atoms. The second-order valence-electron chi connectivity index (χ2n) is 4.48. The highest BCUT2D eigenvalue weighted by atomic mass is 16.5. The Bertz CT molecular complexity index is 395. The zero-order valence-electron chi connectivity index (χ0n) is 9.23. The number of hydrogen-bond donors (Lipinski definition) is 1. The fourth-order valence-corrected chi connectivity index (χ4v) is 2.40. The number of rotatable bonds is 2. The third-order valence-electron chi connectivity index (χ3n) is 3.28. The van der Waals surface area contributed by atoms with Crippen LogP contribution in [0.2, 0.25) is 0 Å². The molecule has 0 bridgehead atoms. The number of nitrogens with zero attached hydrogens (tertiary/aromatic N) is 1. The summed E-state index contributed by atoms with van der Waals surface area (Å²) in [5.41, 5.74) is 1.34. The summed E-state index contributed by atoms with van der Waals surface area (Å²) in [6.45, 7) is 0.890. The number of fused-ring (bicyclic) bond motifs is 1. The van der Waals surface area contributed by atoms with Gasteiger partial charge in [-0.15, -0.1) is 0 Å². The molecule has 0 radical (unpaired) electrons. The topological polar surface area (TPSA) is 33.6 Å². The van der Waals surface area contributed by atoms with Gasteiger partial charge in [-0.25, -0.2) is 0 Å². The third-order valence-corrected chi connectivity index (χ3v) is 3.28. The van der Waals surface area contributed by atoms with Crippen molar-refractivity contribution in [3.63, 3.8) is 0 Å². The fraction of sp³-hybridized carbons (Fsp3) is 0.462. The number of aliphatic imine (C=N–C) groups is 1. The summed E-state index contributed by atoms with van der Waals surface area (Å²) >= 11 is 0. The van der Waals surface area contributed by atoms with Crippen molar-refractivity contribution < 1.29 is 4.74 Å². The third kappa shape index (κ3) is 1.90. The van der Waals surface area contributed by atoms with E-state index in [1.54, 1.807) is 6.34 Å². The van der Waals surface area contributed by atoms with Crippen molar-refractivity contribution >= 4 is 6.34 Å². The molecule has 2 atom stereocenters. The lowest BCUT2D eigenvalue weighted by Gasteiger charge is -2.27. The Morgan fingerprint density at radius 3 is 3.19 bits per heavy atom. The lowest BCUT2D eigenvalue weighted by Crippen LogP contribution is -2.33. The van der Waals surface area contributed by atoms with Gasteiger partial charge in [0.1, 0.15) is 11.9 Å². The van der Waals surface area contributed by atoms with E-state index in [-0.39, 0.29) is 0 Å². The van der Waals surface area contributed by atoms with Gasteiger partial charge in [-0.2, -0.15) is 0 Å². The Labute approximate surface area is 95.5 Å². The number of aryl methyl sites for hydroxylation is 1. The molecule has 0 aliphatic carbocycles. The molecular formula is C13H16N2O. The minimum absolute atomic E-state index is 0.342. The molecule has 0 unspecified atom stereocenters. The highest BCUT2D eigenvalue weighted by Gasteiger charge is 2.23. The molecule has 0 saturated carbocycles. The van der Waals surface area contributed by atoms with Crippen molar-refractivity contribution in [2.24, 2.45) is 4.99 Å². The number of para-hydroxylation sites is 1.